The van der Waals surface area contributed by atoms with E-state index in [4.69, 9.17) is 4.74 Å². The standard InChI is InChI=1S/C15H13Br3FNO/c1-20-15(9-4-3-8(16)5-11(9)17)10-6-12(18)13(19)7-14(10)21-2/h3-7,15,20H,1-2H3. The van der Waals surface area contributed by atoms with E-state index < -0.39 is 0 Å². The highest BCUT2D eigenvalue weighted by Gasteiger charge is 2.21. The first kappa shape index (κ1) is 16.9. The number of benzene rings is 2. The summed E-state index contributed by atoms with van der Waals surface area (Å²) in [5.74, 6) is 0.158. The Morgan fingerprint density at radius 3 is 2.33 bits per heavy atom. The van der Waals surface area contributed by atoms with E-state index in [2.05, 4.69) is 53.1 Å². The molecular weight excluding hydrogens is 469 g/mol. The molecule has 1 N–H and O–H groups in total. The molecular formula is C15H13Br3FNO. The number of methoxy groups -OCH3 is 1. The third-order valence-electron chi connectivity index (χ3n) is 3.15. The van der Waals surface area contributed by atoms with Gasteiger partial charge in [-0.15, -0.1) is 0 Å². The first-order valence-corrected chi connectivity index (χ1v) is 8.51. The second-order valence-electron chi connectivity index (χ2n) is 4.40. The summed E-state index contributed by atoms with van der Waals surface area (Å²) in [6.07, 6.45) is 0. The Balaban J connectivity index is 2.58. The van der Waals surface area contributed by atoms with E-state index >= 15 is 0 Å². The fourth-order valence-electron chi connectivity index (χ4n) is 2.16. The maximum atomic E-state index is 13.7. The molecule has 1 atom stereocenters. The molecule has 0 aromatic heterocycles. The molecule has 2 aromatic carbocycles. The summed E-state index contributed by atoms with van der Waals surface area (Å²) in [5.41, 5.74) is 1.90. The zero-order valence-corrected chi connectivity index (χ0v) is 16.1. The molecule has 0 saturated carbocycles. The lowest BCUT2D eigenvalue weighted by Gasteiger charge is -2.21. The molecule has 0 aliphatic heterocycles. The number of halogens is 4. The van der Waals surface area contributed by atoms with Crippen LogP contribution in [-0.2, 0) is 0 Å². The highest BCUT2D eigenvalue weighted by Crippen LogP contribution is 2.37. The van der Waals surface area contributed by atoms with Crippen LogP contribution in [0.25, 0.3) is 0 Å². The third-order valence-corrected chi connectivity index (χ3v) is 4.93. The summed E-state index contributed by atoms with van der Waals surface area (Å²) < 4.78 is 21.4. The summed E-state index contributed by atoms with van der Waals surface area (Å²) in [6.45, 7) is 0. The molecule has 0 spiro atoms. The van der Waals surface area contributed by atoms with Gasteiger partial charge in [0.1, 0.15) is 11.6 Å². The van der Waals surface area contributed by atoms with Crippen molar-refractivity contribution >= 4 is 47.8 Å². The molecule has 2 aromatic rings. The van der Waals surface area contributed by atoms with Gasteiger partial charge in [-0.2, -0.15) is 0 Å². The zero-order chi connectivity index (χ0) is 15.6. The van der Waals surface area contributed by atoms with E-state index in [1.165, 1.54) is 13.2 Å². The van der Waals surface area contributed by atoms with Crippen LogP contribution in [0.4, 0.5) is 4.39 Å². The van der Waals surface area contributed by atoms with Gasteiger partial charge in [0.2, 0.25) is 0 Å². The normalized spacial score (nSPS) is 12.3. The molecule has 2 nitrogen and oxygen atoms in total. The second-order valence-corrected chi connectivity index (χ2v) is 7.02. The molecule has 0 aliphatic rings. The van der Waals surface area contributed by atoms with Crippen molar-refractivity contribution in [3.8, 4) is 5.75 Å². The van der Waals surface area contributed by atoms with Crippen molar-refractivity contribution in [1.29, 1.82) is 0 Å². The van der Waals surface area contributed by atoms with E-state index in [0.717, 1.165) is 20.1 Å². The lowest BCUT2D eigenvalue weighted by molar-refractivity contribution is 0.401. The number of nitrogens with one attached hydrogen (secondary N) is 1. The molecule has 0 saturated heterocycles. The molecule has 112 valence electrons. The van der Waals surface area contributed by atoms with Crippen LogP contribution in [0, 0.1) is 5.82 Å². The molecule has 2 rings (SSSR count). The number of ether oxygens (including phenoxy) is 1. The zero-order valence-electron chi connectivity index (χ0n) is 11.4. The van der Waals surface area contributed by atoms with Crippen molar-refractivity contribution < 1.29 is 9.13 Å². The van der Waals surface area contributed by atoms with Gasteiger partial charge in [0.25, 0.3) is 0 Å². The molecule has 0 aliphatic carbocycles. The van der Waals surface area contributed by atoms with Gasteiger partial charge in [-0.25, -0.2) is 4.39 Å². The number of hydrogen-bond donors (Lipinski definition) is 1. The molecule has 0 radical (unpaired) electrons. The molecule has 0 fully saturated rings. The van der Waals surface area contributed by atoms with Gasteiger partial charge in [-0.3, -0.25) is 0 Å². The van der Waals surface area contributed by atoms with Crippen LogP contribution in [0.1, 0.15) is 17.2 Å². The Morgan fingerprint density at radius 2 is 1.76 bits per heavy atom. The molecule has 6 heteroatoms. The summed E-state index contributed by atoms with van der Waals surface area (Å²) in [6, 6.07) is 8.95. The van der Waals surface area contributed by atoms with Crippen molar-refractivity contribution in [1.82, 2.24) is 5.32 Å². The van der Waals surface area contributed by atoms with Gasteiger partial charge in [0, 0.05) is 20.6 Å². The first-order chi connectivity index (χ1) is 9.97. The fourth-order valence-corrected chi connectivity index (χ4v) is 3.80. The van der Waals surface area contributed by atoms with Crippen LogP contribution in [-0.4, -0.2) is 14.2 Å². The van der Waals surface area contributed by atoms with Gasteiger partial charge in [0.05, 0.1) is 17.6 Å². The Labute approximate surface area is 148 Å². The third kappa shape index (κ3) is 3.67. The Morgan fingerprint density at radius 1 is 1.05 bits per heavy atom. The fraction of sp³-hybridized carbons (Fsp3) is 0.200. The maximum Gasteiger partial charge on any atom is 0.141 e. The summed E-state index contributed by atoms with van der Waals surface area (Å²) in [7, 11) is 3.39. The summed E-state index contributed by atoms with van der Waals surface area (Å²) in [4.78, 5) is 0. The average molecular weight is 482 g/mol. The van der Waals surface area contributed by atoms with E-state index in [1.807, 2.05) is 25.2 Å². The van der Waals surface area contributed by atoms with Gasteiger partial charge in [-0.1, -0.05) is 37.9 Å². The SMILES string of the molecule is CNC(c1ccc(Br)cc1Br)c1cc(Br)c(F)cc1OC. The highest BCUT2D eigenvalue weighted by molar-refractivity contribution is 9.11. The van der Waals surface area contributed by atoms with Crippen molar-refractivity contribution in [3.63, 3.8) is 0 Å². The van der Waals surface area contributed by atoms with E-state index in [9.17, 15) is 4.39 Å². The maximum absolute atomic E-state index is 13.7. The number of rotatable bonds is 4. The summed E-state index contributed by atoms with van der Waals surface area (Å²) >= 11 is 10.2. The van der Waals surface area contributed by atoms with Crippen molar-refractivity contribution in [3.05, 3.63) is 60.7 Å². The smallest absolute Gasteiger partial charge is 0.141 e. The van der Waals surface area contributed by atoms with Crippen LogP contribution in [0.2, 0.25) is 0 Å². The van der Waals surface area contributed by atoms with Crippen molar-refractivity contribution in [2.45, 2.75) is 6.04 Å². The topological polar surface area (TPSA) is 21.3 Å². The summed E-state index contributed by atoms with van der Waals surface area (Å²) in [5, 5.41) is 3.25. The quantitative estimate of drug-likeness (QED) is 0.628. The predicted octanol–water partition coefficient (Wildman–Crippen LogP) is 5.43. The minimum absolute atomic E-state index is 0.126. The van der Waals surface area contributed by atoms with Gasteiger partial charge < -0.3 is 10.1 Å². The highest BCUT2D eigenvalue weighted by atomic mass is 79.9. The predicted molar refractivity (Wildman–Crippen MR) is 93.4 cm³/mol. The molecule has 0 amide bonds. The van der Waals surface area contributed by atoms with Crippen LogP contribution in [0.3, 0.4) is 0 Å². The van der Waals surface area contributed by atoms with Gasteiger partial charge >= 0.3 is 0 Å². The van der Waals surface area contributed by atoms with Crippen LogP contribution >= 0.6 is 47.8 Å². The van der Waals surface area contributed by atoms with Crippen molar-refractivity contribution in [2.24, 2.45) is 0 Å². The second kappa shape index (κ2) is 7.22. The van der Waals surface area contributed by atoms with E-state index in [1.54, 1.807) is 6.07 Å². The van der Waals surface area contributed by atoms with Crippen LogP contribution in [0.5, 0.6) is 5.75 Å². The van der Waals surface area contributed by atoms with Gasteiger partial charge in [0.15, 0.2) is 0 Å². The molecule has 1 unspecified atom stereocenters. The Hall–Kier alpha value is -0.430. The van der Waals surface area contributed by atoms with E-state index in [0.29, 0.717) is 10.2 Å². The molecule has 0 bridgehead atoms. The number of hydrogen-bond acceptors (Lipinski definition) is 2. The monoisotopic (exact) mass is 479 g/mol. The molecule has 0 heterocycles. The Kier molecular flexibility index (Phi) is 5.82. The molecule has 21 heavy (non-hydrogen) atoms. The van der Waals surface area contributed by atoms with Crippen molar-refractivity contribution in [2.75, 3.05) is 14.2 Å². The van der Waals surface area contributed by atoms with Crippen LogP contribution in [0.15, 0.2) is 43.7 Å². The minimum Gasteiger partial charge on any atom is -0.496 e. The van der Waals surface area contributed by atoms with E-state index in [-0.39, 0.29) is 11.9 Å². The minimum atomic E-state index is -0.347. The lowest BCUT2D eigenvalue weighted by Crippen LogP contribution is -2.19. The lowest BCUT2D eigenvalue weighted by atomic mass is 9.98. The average Bonchev–Trinajstić information content (AvgIpc) is 2.45. The largest absolute Gasteiger partial charge is 0.496 e. The van der Waals surface area contributed by atoms with Crippen LogP contribution < -0.4 is 10.1 Å². The first-order valence-electron chi connectivity index (χ1n) is 6.13. The Bertz CT molecular complexity index is 664. The van der Waals surface area contributed by atoms with Gasteiger partial charge in [-0.05, 0) is 46.7 Å².